The third kappa shape index (κ3) is 6.36. The SMILES string of the molecule is C=C(C(=O)Nc1cc2c(Nc3ccc(F)c(Cl)c3)ncnc2cc1OCCCN1CCOCC1)C1CC1. The molecule has 37 heavy (non-hydrogen) atoms. The van der Waals surface area contributed by atoms with Crippen molar-refractivity contribution in [3.63, 3.8) is 0 Å². The molecule has 0 spiro atoms. The third-order valence-corrected chi connectivity index (χ3v) is 6.80. The van der Waals surface area contributed by atoms with Gasteiger partial charge in [-0.2, -0.15) is 0 Å². The topological polar surface area (TPSA) is 88.6 Å². The number of carbonyl (C=O) groups is 1. The van der Waals surface area contributed by atoms with E-state index in [9.17, 15) is 9.18 Å². The van der Waals surface area contributed by atoms with E-state index in [0.717, 1.165) is 52.1 Å². The number of morpholine rings is 1. The van der Waals surface area contributed by atoms with Crippen molar-refractivity contribution in [1.82, 2.24) is 14.9 Å². The number of rotatable bonds is 10. The van der Waals surface area contributed by atoms with Gasteiger partial charge in [0.15, 0.2) is 0 Å². The molecule has 194 valence electrons. The lowest BCUT2D eigenvalue weighted by atomic mass is 10.1. The highest BCUT2D eigenvalue weighted by Gasteiger charge is 2.29. The van der Waals surface area contributed by atoms with Gasteiger partial charge in [-0.15, -0.1) is 0 Å². The summed E-state index contributed by atoms with van der Waals surface area (Å²) in [5, 5.41) is 6.81. The van der Waals surface area contributed by atoms with Crippen LogP contribution in [0.3, 0.4) is 0 Å². The number of amides is 1. The van der Waals surface area contributed by atoms with Crippen LogP contribution in [0, 0.1) is 11.7 Å². The van der Waals surface area contributed by atoms with E-state index in [0.29, 0.717) is 46.0 Å². The van der Waals surface area contributed by atoms with Gasteiger partial charge in [-0.25, -0.2) is 14.4 Å². The molecule has 2 aromatic carbocycles. The second kappa shape index (κ2) is 11.4. The number of hydrogen-bond donors (Lipinski definition) is 2. The van der Waals surface area contributed by atoms with Crippen LogP contribution in [0.4, 0.5) is 21.6 Å². The number of hydrogen-bond acceptors (Lipinski definition) is 7. The fourth-order valence-corrected chi connectivity index (χ4v) is 4.41. The number of carbonyl (C=O) groups excluding carboxylic acids is 1. The van der Waals surface area contributed by atoms with E-state index in [1.165, 1.54) is 18.5 Å². The molecule has 3 aromatic rings. The molecule has 0 radical (unpaired) electrons. The van der Waals surface area contributed by atoms with E-state index in [4.69, 9.17) is 21.1 Å². The number of aromatic nitrogens is 2. The zero-order valence-corrected chi connectivity index (χ0v) is 21.2. The van der Waals surface area contributed by atoms with Crippen molar-refractivity contribution in [2.24, 2.45) is 5.92 Å². The largest absolute Gasteiger partial charge is 0.491 e. The van der Waals surface area contributed by atoms with Gasteiger partial charge in [0.1, 0.15) is 23.7 Å². The lowest BCUT2D eigenvalue weighted by Gasteiger charge is -2.26. The first-order chi connectivity index (χ1) is 18.0. The van der Waals surface area contributed by atoms with Crippen LogP contribution in [0.25, 0.3) is 10.9 Å². The summed E-state index contributed by atoms with van der Waals surface area (Å²) in [6, 6.07) is 7.93. The van der Waals surface area contributed by atoms with Crippen molar-refractivity contribution in [3.8, 4) is 5.75 Å². The van der Waals surface area contributed by atoms with Crippen molar-refractivity contribution in [2.45, 2.75) is 19.3 Å². The van der Waals surface area contributed by atoms with Gasteiger partial charge in [0.25, 0.3) is 5.91 Å². The summed E-state index contributed by atoms with van der Waals surface area (Å²) in [7, 11) is 0. The molecule has 0 atom stereocenters. The van der Waals surface area contributed by atoms with Crippen molar-refractivity contribution in [1.29, 1.82) is 0 Å². The summed E-state index contributed by atoms with van der Waals surface area (Å²) in [6.45, 7) is 8.73. The normalized spacial score (nSPS) is 15.9. The molecule has 2 N–H and O–H groups in total. The molecule has 1 aromatic heterocycles. The number of halogens is 2. The molecule has 1 aliphatic heterocycles. The molecule has 0 bridgehead atoms. The van der Waals surface area contributed by atoms with Gasteiger partial charge < -0.3 is 20.1 Å². The van der Waals surface area contributed by atoms with Crippen molar-refractivity contribution in [3.05, 3.63) is 59.7 Å². The Labute approximate surface area is 219 Å². The molecule has 1 aliphatic carbocycles. The van der Waals surface area contributed by atoms with Gasteiger partial charge in [0, 0.05) is 42.3 Å². The fourth-order valence-electron chi connectivity index (χ4n) is 4.23. The first-order valence-electron chi connectivity index (χ1n) is 12.4. The van der Waals surface area contributed by atoms with E-state index < -0.39 is 5.82 Å². The van der Waals surface area contributed by atoms with Crippen molar-refractivity contribution in [2.75, 3.05) is 50.1 Å². The van der Waals surface area contributed by atoms with Crippen molar-refractivity contribution < 1.29 is 18.7 Å². The quantitative estimate of drug-likeness (QED) is 0.279. The Bertz CT molecular complexity index is 1310. The van der Waals surface area contributed by atoms with Crippen LogP contribution in [0.15, 0.2) is 48.8 Å². The van der Waals surface area contributed by atoms with Crippen LogP contribution in [-0.2, 0) is 9.53 Å². The maximum absolute atomic E-state index is 13.6. The van der Waals surface area contributed by atoms with Gasteiger partial charge in [-0.05, 0) is 49.4 Å². The van der Waals surface area contributed by atoms with Crippen LogP contribution in [0.2, 0.25) is 5.02 Å². The van der Waals surface area contributed by atoms with Crippen LogP contribution in [0.1, 0.15) is 19.3 Å². The van der Waals surface area contributed by atoms with E-state index in [2.05, 4.69) is 32.1 Å². The predicted molar refractivity (Wildman–Crippen MR) is 142 cm³/mol. The van der Waals surface area contributed by atoms with Gasteiger partial charge in [-0.3, -0.25) is 9.69 Å². The summed E-state index contributed by atoms with van der Waals surface area (Å²) in [5.41, 5.74) is 2.29. The minimum absolute atomic E-state index is 0.00247. The van der Waals surface area contributed by atoms with E-state index in [-0.39, 0.29) is 16.8 Å². The molecule has 2 aliphatic rings. The Morgan fingerprint density at radius 2 is 2.03 bits per heavy atom. The Hall–Kier alpha value is -3.27. The monoisotopic (exact) mass is 525 g/mol. The molecule has 1 saturated heterocycles. The molecule has 1 saturated carbocycles. The van der Waals surface area contributed by atoms with E-state index >= 15 is 0 Å². The highest BCUT2D eigenvalue weighted by Crippen LogP contribution is 2.38. The summed E-state index contributed by atoms with van der Waals surface area (Å²) in [6.07, 6.45) is 4.24. The lowest BCUT2D eigenvalue weighted by Crippen LogP contribution is -2.37. The second-order valence-corrected chi connectivity index (χ2v) is 9.66. The highest BCUT2D eigenvalue weighted by atomic mass is 35.5. The molecule has 1 amide bonds. The Balaban J connectivity index is 1.38. The summed E-state index contributed by atoms with van der Waals surface area (Å²) in [4.78, 5) is 24.0. The Morgan fingerprint density at radius 1 is 1.22 bits per heavy atom. The molecule has 2 fully saturated rings. The summed E-state index contributed by atoms with van der Waals surface area (Å²) >= 11 is 5.94. The number of benzene rings is 2. The Kier molecular flexibility index (Phi) is 7.83. The lowest BCUT2D eigenvalue weighted by molar-refractivity contribution is -0.113. The van der Waals surface area contributed by atoms with E-state index in [1.54, 1.807) is 18.2 Å². The van der Waals surface area contributed by atoms with Gasteiger partial charge in [0.2, 0.25) is 0 Å². The molecule has 2 heterocycles. The number of ether oxygens (including phenoxy) is 2. The molecule has 10 heteroatoms. The van der Waals surface area contributed by atoms with Crippen LogP contribution in [0.5, 0.6) is 5.75 Å². The number of anilines is 3. The third-order valence-electron chi connectivity index (χ3n) is 6.51. The molecular weight excluding hydrogens is 497 g/mol. The van der Waals surface area contributed by atoms with Gasteiger partial charge in [-0.1, -0.05) is 18.2 Å². The number of fused-ring (bicyclic) bond motifs is 1. The number of nitrogens with zero attached hydrogens (tertiary/aromatic N) is 3. The minimum atomic E-state index is -0.504. The van der Waals surface area contributed by atoms with E-state index in [1.807, 2.05) is 0 Å². The Morgan fingerprint density at radius 3 is 2.78 bits per heavy atom. The van der Waals surface area contributed by atoms with Crippen molar-refractivity contribution >= 4 is 45.6 Å². The van der Waals surface area contributed by atoms with Crippen LogP contribution < -0.4 is 15.4 Å². The smallest absolute Gasteiger partial charge is 0.251 e. The fraction of sp³-hybridized carbons (Fsp3) is 0.370. The second-order valence-electron chi connectivity index (χ2n) is 9.25. The average Bonchev–Trinajstić information content (AvgIpc) is 3.75. The summed E-state index contributed by atoms with van der Waals surface area (Å²) in [5.74, 6) is 0.527. The minimum Gasteiger partial charge on any atom is -0.491 e. The molecule has 0 unspecified atom stereocenters. The molecular formula is C27H29ClFN5O3. The molecule has 5 rings (SSSR count). The molecule has 8 nitrogen and oxygen atoms in total. The standard InChI is InChI=1S/C27H29ClFN5O3/c1-17(18-3-4-18)27(35)33-24-14-20-23(15-25(24)37-10-2-7-34-8-11-36-12-9-34)30-16-31-26(20)32-19-5-6-22(29)21(28)13-19/h5-6,13-16,18H,1-4,7-12H2,(H,33,35)(H,30,31,32). The van der Waals surface area contributed by atoms with Crippen LogP contribution in [-0.4, -0.2) is 60.2 Å². The summed E-state index contributed by atoms with van der Waals surface area (Å²) < 4.78 is 25.2. The first-order valence-corrected chi connectivity index (χ1v) is 12.8. The average molecular weight is 526 g/mol. The maximum Gasteiger partial charge on any atom is 0.251 e. The van der Waals surface area contributed by atoms with Gasteiger partial charge in [0.05, 0.1) is 36.0 Å². The number of nitrogens with one attached hydrogen (secondary N) is 2. The highest BCUT2D eigenvalue weighted by molar-refractivity contribution is 6.31. The maximum atomic E-state index is 13.6. The zero-order chi connectivity index (χ0) is 25.8. The van der Waals surface area contributed by atoms with Crippen LogP contribution >= 0.6 is 11.6 Å². The van der Waals surface area contributed by atoms with Gasteiger partial charge >= 0.3 is 0 Å². The zero-order valence-electron chi connectivity index (χ0n) is 20.4. The predicted octanol–water partition coefficient (Wildman–Crippen LogP) is 5.17. The first kappa shape index (κ1) is 25.4.